The summed E-state index contributed by atoms with van der Waals surface area (Å²) in [6.45, 7) is 3.22. The lowest BCUT2D eigenvalue weighted by Crippen LogP contribution is -2.42. The molecule has 3 N–H and O–H groups in total. The van der Waals surface area contributed by atoms with Crippen LogP contribution in [0.3, 0.4) is 0 Å². The second-order valence-electron chi connectivity index (χ2n) is 3.27. The molecule has 0 amide bonds. The molecule has 0 heterocycles. The standard InChI is InChI=1S/C8H21N3/c1-4-5-6-8(10-9)7-11(2)3/h8,10H,4-7,9H2,1-3H3. The van der Waals surface area contributed by atoms with E-state index in [1.165, 1.54) is 19.3 Å². The largest absolute Gasteiger partial charge is 0.308 e. The Labute approximate surface area is 69.9 Å². The second kappa shape index (κ2) is 6.58. The van der Waals surface area contributed by atoms with Gasteiger partial charge in [0.2, 0.25) is 0 Å². The third-order valence-electron chi connectivity index (χ3n) is 1.73. The van der Waals surface area contributed by atoms with E-state index in [4.69, 9.17) is 5.84 Å². The molecular weight excluding hydrogens is 138 g/mol. The molecule has 0 aromatic heterocycles. The summed E-state index contributed by atoms with van der Waals surface area (Å²) in [5.41, 5.74) is 2.83. The van der Waals surface area contributed by atoms with Crippen LogP contribution in [0.2, 0.25) is 0 Å². The molecule has 0 aliphatic carbocycles. The molecule has 3 heteroatoms. The molecule has 0 aliphatic heterocycles. The van der Waals surface area contributed by atoms with Gasteiger partial charge >= 0.3 is 0 Å². The van der Waals surface area contributed by atoms with Gasteiger partial charge in [0.1, 0.15) is 0 Å². The summed E-state index contributed by atoms with van der Waals surface area (Å²) in [6.07, 6.45) is 3.67. The van der Waals surface area contributed by atoms with E-state index in [0.29, 0.717) is 6.04 Å². The Hall–Kier alpha value is -0.120. The molecule has 0 bridgehead atoms. The number of nitrogens with zero attached hydrogens (tertiary/aromatic N) is 1. The molecule has 11 heavy (non-hydrogen) atoms. The minimum Gasteiger partial charge on any atom is -0.308 e. The summed E-state index contributed by atoms with van der Waals surface area (Å²) < 4.78 is 0. The Balaban J connectivity index is 3.41. The van der Waals surface area contributed by atoms with Crippen LogP contribution in [0.1, 0.15) is 26.2 Å². The minimum atomic E-state index is 0.449. The monoisotopic (exact) mass is 159 g/mol. The van der Waals surface area contributed by atoms with Crippen molar-refractivity contribution in [2.24, 2.45) is 5.84 Å². The smallest absolute Gasteiger partial charge is 0.0337 e. The van der Waals surface area contributed by atoms with Crippen molar-refractivity contribution in [3.05, 3.63) is 0 Å². The highest BCUT2D eigenvalue weighted by molar-refractivity contribution is 4.65. The minimum absolute atomic E-state index is 0.449. The molecule has 0 aliphatic rings. The van der Waals surface area contributed by atoms with Gasteiger partial charge in [-0.05, 0) is 20.5 Å². The van der Waals surface area contributed by atoms with Gasteiger partial charge in [-0.3, -0.25) is 11.3 Å². The summed E-state index contributed by atoms with van der Waals surface area (Å²) in [7, 11) is 4.13. The molecule has 0 saturated heterocycles. The van der Waals surface area contributed by atoms with E-state index in [-0.39, 0.29) is 0 Å². The highest BCUT2D eigenvalue weighted by Gasteiger charge is 2.05. The molecule has 1 atom stereocenters. The zero-order chi connectivity index (χ0) is 8.69. The van der Waals surface area contributed by atoms with E-state index in [0.717, 1.165) is 6.54 Å². The molecule has 1 unspecified atom stereocenters. The van der Waals surface area contributed by atoms with Gasteiger partial charge in [-0.25, -0.2) is 0 Å². The van der Waals surface area contributed by atoms with Crippen molar-refractivity contribution >= 4 is 0 Å². The predicted molar refractivity (Wildman–Crippen MR) is 49.2 cm³/mol. The number of hydrogen-bond donors (Lipinski definition) is 2. The van der Waals surface area contributed by atoms with Crippen molar-refractivity contribution in [1.29, 1.82) is 0 Å². The van der Waals surface area contributed by atoms with E-state index in [1.54, 1.807) is 0 Å². The molecule has 3 nitrogen and oxygen atoms in total. The van der Waals surface area contributed by atoms with Crippen LogP contribution in [0.25, 0.3) is 0 Å². The van der Waals surface area contributed by atoms with E-state index in [9.17, 15) is 0 Å². The lowest BCUT2D eigenvalue weighted by molar-refractivity contribution is 0.324. The fraction of sp³-hybridized carbons (Fsp3) is 1.00. The molecule has 0 aromatic rings. The fourth-order valence-corrected chi connectivity index (χ4v) is 1.12. The second-order valence-corrected chi connectivity index (χ2v) is 3.27. The Bertz CT molecular complexity index is 83.4. The maximum Gasteiger partial charge on any atom is 0.0337 e. The number of unbranched alkanes of at least 4 members (excludes halogenated alkanes) is 1. The zero-order valence-corrected chi connectivity index (χ0v) is 7.93. The Kier molecular flexibility index (Phi) is 6.51. The number of hydrogen-bond acceptors (Lipinski definition) is 3. The van der Waals surface area contributed by atoms with Crippen LogP contribution in [-0.4, -0.2) is 31.6 Å². The lowest BCUT2D eigenvalue weighted by atomic mass is 10.1. The molecule has 0 radical (unpaired) electrons. The van der Waals surface area contributed by atoms with Crippen molar-refractivity contribution < 1.29 is 0 Å². The van der Waals surface area contributed by atoms with Gasteiger partial charge in [-0.15, -0.1) is 0 Å². The Morgan fingerprint density at radius 3 is 2.45 bits per heavy atom. The number of rotatable bonds is 6. The lowest BCUT2D eigenvalue weighted by Gasteiger charge is -2.19. The van der Waals surface area contributed by atoms with Crippen molar-refractivity contribution in [1.82, 2.24) is 10.3 Å². The average Bonchev–Trinajstić information content (AvgIpc) is 1.97. The number of hydrazine groups is 1. The van der Waals surface area contributed by atoms with Gasteiger partial charge in [-0.2, -0.15) is 0 Å². The van der Waals surface area contributed by atoms with Crippen LogP contribution in [0.5, 0.6) is 0 Å². The third-order valence-corrected chi connectivity index (χ3v) is 1.73. The first-order valence-electron chi connectivity index (χ1n) is 4.31. The van der Waals surface area contributed by atoms with Crippen LogP contribution in [0.4, 0.5) is 0 Å². The van der Waals surface area contributed by atoms with Gasteiger partial charge in [0.05, 0.1) is 0 Å². The summed E-state index contributed by atoms with van der Waals surface area (Å²) in [5.74, 6) is 5.39. The molecular formula is C8H21N3. The quantitative estimate of drug-likeness (QED) is 0.440. The fourth-order valence-electron chi connectivity index (χ4n) is 1.12. The first kappa shape index (κ1) is 10.9. The van der Waals surface area contributed by atoms with Crippen LogP contribution in [0, 0.1) is 0 Å². The van der Waals surface area contributed by atoms with Gasteiger partial charge in [0, 0.05) is 12.6 Å². The maximum atomic E-state index is 5.39. The van der Waals surface area contributed by atoms with E-state index in [1.807, 2.05) is 0 Å². The number of likely N-dealkylation sites (N-methyl/N-ethyl adjacent to an activating group) is 1. The molecule has 0 fully saturated rings. The number of nitrogens with one attached hydrogen (secondary N) is 1. The first-order valence-corrected chi connectivity index (χ1v) is 4.31. The normalized spacial score (nSPS) is 13.9. The third kappa shape index (κ3) is 6.28. The topological polar surface area (TPSA) is 41.3 Å². The van der Waals surface area contributed by atoms with Crippen molar-refractivity contribution in [3.63, 3.8) is 0 Å². The van der Waals surface area contributed by atoms with Crippen LogP contribution >= 0.6 is 0 Å². The SMILES string of the molecule is CCCCC(CN(C)C)NN. The summed E-state index contributed by atoms with van der Waals surface area (Å²) in [4.78, 5) is 2.15. The average molecular weight is 159 g/mol. The van der Waals surface area contributed by atoms with Crippen molar-refractivity contribution in [2.75, 3.05) is 20.6 Å². The van der Waals surface area contributed by atoms with Gasteiger partial charge in [-0.1, -0.05) is 19.8 Å². The zero-order valence-electron chi connectivity index (χ0n) is 7.93. The van der Waals surface area contributed by atoms with Crippen molar-refractivity contribution in [3.8, 4) is 0 Å². The summed E-state index contributed by atoms with van der Waals surface area (Å²) in [6, 6.07) is 0.449. The number of nitrogens with two attached hydrogens (primary N) is 1. The summed E-state index contributed by atoms with van der Waals surface area (Å²) >= 11 is 0. The Morgan fingerprint density at radius 2 is 2.09 bits per heavy atom. The van der Waals surface area contributed by atoms with E-state index in [2.05, 4.69) is 31.3 Å². The Morgan fingerprint density at radius 1 is 1.45 bits per heavy atom. The van der Waals surface area contributed by atoms with Crippen LogP contribution in [0.15, 0.2) is 0 Å². The summed E-state index contributed by atoms with van der Waals surface area (Å²) in [5, 5.41) is 0. The molecule has 0 spiro atoms. The van der Waals surface area contributed by atoms with E-state index < -0.39 is 0 Å². The van der Waals surface area contributed by atoms with Crippen molar-refractivity contribution in [2.45, 2.75) is 32.2 Å². The first-order chi connectivity index (χ1) is 5.20. The van der Waals surface area contributed by atoms with Gasteiger partial charge in [0.25, 0.3) is 0 Å². The predicted octanol–water partition coefficient (Wildman–Crippen LogP) is 0.570. The van der Waals surface area contributed by atoms with Gasteiger partial charge < -0.3 is 4.90 Å². The van der Waals surface area contributed by atoms with E-state index >= 15 is 0 Å². The molecule has 0 rings (SSSR count). The molecule has 68 valence electrons. The highest BCUT2D eigenvalue weighted by atomic mass is 15.3. The van der Waals surface area contributed by atoms with Crippen LogP contribution < -0.4 is 11.3 Å². The highest BCUT2D eigenvalue weighted by Crippen LogP contribution is 1.99. The van der Waals surface area contributed by atoms with Crippen LogP contribution in [-0.2, 0) is 0 Å². The maximum absolute atomic E-state index is 5.39. The molecule has 0 saturated carbocycles. The van der Waals surface area contributed by atoms with Gasteiger partial charge in [0.15, 0.2) is 0 Å². The molecule has 0 aromatic carbocycles.